The zero-order chi connectivity index (χ0) is 13.2. The van der Waals surface area contributed by atoms with Gasteiger partial charge in [-0.1, -0.05) is 5.16 Å². The standard InChI is InChI=1S/C13H19N5O/c1-9(10(2)18-7-3-6-15-18)14-8-12-16-13(19-17-12)11-4-5-11/h3,6-7,9-11,14H,4-5,8H2,1-2H3. The lowest BCUT2D eigenvalue weighted by atomic mass is 10.2. The van der Waals surface area contributed by atoms with E-state index >= 15 is 0 Å². The lowest BCUT2D eigenvalue weighted by Gasteiger charge is -2.20. The zero-order valence-electron chi connectivity index (χ0n) is 11.3. The molecular weight excluding hydrogens is 242 g/mol. The normalized spacial score (nSPS) is 18.4. The van der Waals surface area contributed by atoms with Crippen LogP contribution in [0.25, 0.3) is 0 Å². The highest BCUT2D eigenvalue weighted by Gasteiger charge is 2.29. The minimum atomic E-state index is 0.280. The Kier molecular flexibility index (Phi) is 3.33. The van der Waals surface area contributed by atoms with Crippen LogP contribution in [0.3, 0.4) is 0 Å². The van der Waals surface area contributed by atoms with Crippen molar-refractivity contribution in [3.05, 3.63) is 30.2 Å². The van der Waals surface area contributed by atoms with E-state index in [9.17, 15) is 0 Å². The Morgan fingerprint density at radius 1 is 1.47 bits per heavy atom. The molecule has 2 aromatic rings. The van der Waals surface area contributed by atoms with Crippen molar-refractivity contribution in [3.63, 3.8) is 0 Å². The molecule has 3 rings (SSSR count). The molecule has 2 unspecified atom stereocenters. The highest BCUT2D eigenvalue weighted by atomic mass is 16.5. The quantitative estimate of drug-likeness (QED) is 0.860. The Labute approximate surface area is 112 Å². The SMILES string of the molecule is CC(NCc1noc(C2CC2)n1)C(C)n1cccn1. The van der Waals surface area contributed by atoms with Crippen LogP contribution >= 0.6 is 0 Å². The van der Waals surface area contributed by atoms with Crippen molar-refractivity contribution in [1.29, 1.82) is 0 Å². The van der Waals surface area contributed by atoms with Crippen molar-refractivity contribution >= 4 is 0 Å². The first-order valence-corrected chi connectivity index (χ1v) is 6.79. The van der Waals surface area contributed by atoms with E-state index in [1.165, 1.54) is 12.8 Å². The number of nitrogens with zero attached hydrogens (tertiary/aromatic N) is 4. The summed E-state index contributed by atoms with van der Waals surface area (Å²) in [6.45, 7) is 4.90. The molecule has 1 aliphatic rings. The molecule has 0 bridgehead atoms. The third-order valence-electron chi connectivity index (χ3n) is 3.66. The predicted molar refractivity (Wildman–Crippen MR) is 69.5 cm³/mol. The van der Waals surface area contributed by atoms with Crippen molar-refractivity contribution in [2.75, 3.05) is 0 Å². The monoisotopic (exact) mass is 261 g/mol. The van der Waals surface area contributed by atoms with Gasteiger partial charge in [0.05, 0.1) is 12.6 Å². The van der Waals surface area contributed by atoms with Gasteiger partial charge in [-0.15, -0.1) is 0 Å². The van der Waals surface area contributed by atoms with Crippen LogP contribution in [0.15, 0.2) is 23.0 Å². The van der Waals surface area contributed by atoms with Gasteiger partial charge in [-0.3, -0.25) is 4.68 Å². The molecule has 0 radical (unpaired) electrons. The Balaban J connectivity index is 1.53. The number of nitrogens with one attached hydrogen (secondary N) is 1. The first-order valence-electron chi connectivity index (χ1n) is 6.79. The van der Waals surface area contributed by atoms with E-state index in [1.54, 1.807) is 6.20 Å². The molecule has 1 aliphatic carbocycles. The van der Waals surface area contributed by atoms with Crippen LogP contribution in [0.5, 0.6) is 0 Å². The molecule has 1 N–H and O–H groups in total. The second-order valence-corrected chi connectivity index (χ2v) is 5.22. The van der Waals surface area contributed by atoms with Crippen LogP contribution in [0, 0.1) is 0 Å². The van der Waals surface area contributed by atoms with E-state index in [4.69, 9.17) is 4.52 Å². The highest BCUT2D eigenvalue weighted by molar-refractivity contribution is 5.01. The molecule has 19 heavy (non-hydrogen) atoms. The summed E-state index contributed by atoms with van der Waals surface area (Å²) in [6, 6.07) is 2.50. The van der Waals surface area contributed by atoms with E-state index in [2.05, 4.69) is 34.4 Å². The number of aromatic nitrogens is 4. The first kappa shape index (κ1) is 12.3. The van der Waals surface area contributed by atoms with Crippen molar-refractivity contribution < 1.29 is 4.52 Å². The van der Waals surface area contributed by atoms with Crippen LogP contribution in [0.4, 0.5) is 0 Å². The minimum Gasteiger partial charge on any atom is -0.339 e. The molecule has 6 heteroatoms. The Bertz CT molecular complexity index is 517. The molecule has 0 saturated heterocycles. The maximum Gasteiger partial charge on any atom is 0.229 e. The maximum absolute atomic E-state index is 5.23. The molecule has 2 aromatic heterocycles. The van der Waals surface area contributed by atoms with Gasteiger partial charge in [-0.25, -0.2) is 0 Å². The minimum absolute atomic E-state index is 0.280. The maximum atomic E-state index is 5.23. The van der Waals surface area contributed by atoms with Crippen LogP contribution in [-0.4, -0.2) is 26.0 Å². The number of rotatable bonds is 6. The smallest absolute Gasteiger partial charge is 0.229 e. The fourth-order valence-corrected chi connectivity index (χ4v) is 2.01. The second-order valence-electron chi connectivity index (χ2n) is 5.22. The second kappa shape index (κ2) is 5.13. The van der Waals surface area contributed by atoms with Gasteiger partial charge in [0.2, 0.25) is 5.89 Å². The molecule has 1 saturated carbocycles. The third-order valence-corrected chi connectivity index (χ3v) is 3.66. The summed E-state index contributed by atoms with van der Waals surface area (Å²) in [5.74, 6) is 2.05. The molecule has 102 valence electrons. The summed E-state index contributed by atoms with van der Waals surface area (Å²) in [5, 5.41) is 11.7. The molecule has 0 spiro atoms. The van der Waals surface area contributed by atoms with Crippen LogP contribution in [-0.2, 0) is 6.54 Å². The van der Waals surface area contributed by atoms with Crippen molar-refractivity contribution in [1.82, 2.24) is 25.2 Å². The van der Waals surface area contributed by atoms with Gasteiger partial charge in [0.25, 0.3) is 0 Å². The zero-order valence-corrected chi connectivity index (χ0v) is 11.3. The molecular formula is C13H19N5O. The fraction of sp³-hybridized carbons (Fsp3) is 0.615. The van der Waals surface area contributed by atoms with Crippen LogP contribution < -0.4 is 5.32 Å². The molecule has 0 amide bonds. The molecule has 0 aromatic carbocycles. The lowest BCUT2D eigenvalue weighted by molar-refractivity contribution is 0.350. The third kappa shape index (κ3) is 2.84. The van der Waals surface area contributed by atoms with Gasteiger partial charge in [0.15, 0.2) is 5.82 Å². The lowest BCUT2D eigenvalue weighted by Crippen LogP contribution is -2.33. The van der Waals surface area contributed by atoms with Crippen LogP contribution in [0.1, 0.15) is 50.4 Å². The summed E-state index contributed by atoms with van der Waals surface area (Å²) >= 11 is 0. The summed E-state index contributed by atoms with van der Waals surface area (Å²) in [4.78, 5) is 4.40. The predicted octanol–water partition coefficient (Wildman–Crippen LogP) is 1.88. The first-order chi connectivity index (χ1) is 9.24. The van der Waals surface area contributed by atoms with Gasteiger partial charge in [-0.05, 0) is 32.8 Å². The molecule has 2 heterocycles. The van der Waals surface area contributed by atoms with Gasteiger partial charge in [0, 0.05) is 24.4 Å². The number of hydrogen-bond donors (Lipinski definition) is 1. The van der Waals surface area contributed by atoms with E-state index in [1.807, 2.05) is 16.9 Å². The van der Waals surface area contributed by atoms with E-state index in [0.29, 0.717) is 12.5 Å². The van der Waals surface area contributed by atoms with Crippen molar-refractivity contribution in [2.45, 2.75) is 51.2 Å². The summed E-state index contributed by atoms with van der Waals surface area (Å²) in [5.41, 5.74) is 0. The average Bonchev–Trinajstić information content (AvgIpc) is 2.96. The summed E-state index contributed by atoms with van der Waals surface area (Å²) in [7, 11) is 0. The van der Waals surface area contributed by atoms with Gasteiger partial charge in [-0.2, -0.15) is 10.1 Å². The van der Waals surface area contributed by atoms with Gasteiger partial charge in [0.1, 0.15) is 0 Å². The molecule has 2 atom stereocenters. The molecule has 6 nitrogen and oxygen atoms in total. The molecule has 1 fully saturated rings. The Hall–Kier alpha value is -1.69. The topological polar surface area (TPSA) is 68.8 Å². The Morgan fingerprint density at radius 3 is 3.00 bits per heavy atom. The van der Waals surface area contributed by atoms with Gasteiger partial charge < -0.3 is 9.84 Å². The highest BCUT2D eigenvalue weighted by Crippen LogP contribution is 2.38. The summed E-state index contributed by atoms with van der Waals surface area (Å²) in [6.07, 6.45) is 6.14. The average molecular weight is 261 g/mol. The van der Waals surface area contributed by atoms with Crippen LogP contribution in [0.2, 0.25) is 0 Å². The van der Waals surface area contributed by atoms with E-state index in [0.717, 1.165) is 11.7 Å². The van der Waals surface area contributed by atoms with E-state index in [-0.39, 0.29) is 12.1 Å². The largest absolute Gasteiger partial charge is 0.339 e. The van der Waals surface area contributed by atoms with E-state index < -0.39 is 0 Å². The Morgan fingerprint density at radius 2 is 2.32 bits per heavy atom. The fourth-order valence-electron chi connectivity index (χ4n) is 2.01. The van der Waals surface area contributed by atoms with Gasteiger partial charge >= 0.3 is 0 Å². The summed E-state index contributed by atoms with van der Waals surface area (Å²) < 4.78 is 7.18. The van der Waals surface area contributed by atoms with Crippen molar-refractivity contribution in [2.24, 2.45) is 0 Å². The van der Waals surface area contributed by atoms with Crippen molar-refractivity contribution in [3.8, 4) is 0 Å². The number of hydrogen-bond acceptors (Lipinski definition) is 5. The molecule has 0 aliphatic heterocycles.